The molecular formula is C21H21N7. The zero-order valence-corrected chi connectivity index (χ0v) is 15.7. The standard InChI is InChI=1S/C21H21N7/c1-14-3-2-4-19(24-14)21-20(25-27-26-21)15-5-6-18-16(11-15)12-17(13-23-18)28-9-7-22-8-10-28/h2-6,11-13,22H,7-10H2,1H3,(H,25,26,27). The van der Waals surface area contributed by atoms with Gasteiger partial charge in [-0.2, -0.15) is 0 Å². The van der Waals surface area contributed by atoms with Gasteiger partial charge in [-0.3, -0.25) is 15.1 Å². The Morgan fingerprint density at radius 1 is 1.04 bits per heavy atom. The van der Waals surface area contributed by atoms with Gasteiger partial charge in [-0.05, 0) is 37.3 Å². The van der Waals surface area contributed by atoms with E-state index in [2.05, 4.69) is 47.7 Å². The monoisotopic (exact) mass is 371 g/mol. The van der Waals surface area contributed by atoms with Crippen LogP contribution in [0.4, 0.5) is 5.69 Å². The van der Waals surface area contributed by atoms with E-state index in [1.807, 2.05) is 43.5 Å². The topological polar surface area (TPSA) is 82.6 Å². The van der Waals surface area contributed by atoms with Crippen LogP contribution in [-0.4, -0.2) is 51.6 Å². The highest BCUT2D eigenvalue weighted by molar-refractivity contribution is 5.88. The first kappa shape index (κ1) is 16.8. The second-order valence-electron chi connectivity index (χ2n) is 7.04. The van der Waals surface area contributed by atoms with Gasteiger partial charge in [0.15, 0.2) is 0 Å². The third kappa shape index (κ3) is 3.10. The van der Waals surface area contributed by atoms with E-state index in [-0.39, 0.29) is 0 Å². The second-order valence-corrected chi connectivity index (χ2v) is 7.04. The number of pyridine rings is 2. The molecule has 1 aliphatic rings. The van der Waals surface area contributed by atoms with Crippen LogP contribution in [0.5, 0.6) is 0 Å². The Labute approximate surface area is 162 Å². The van der Waals surface area contributed by atoms with E-state index in [1.54, 1.807) is 0 Å². The van der Waals surface area contributed by atoms with Crippen LogP contribution in [0.2, 0.25) is 0 Å². The Hall–Kier alpha value is -3.32. The zero-order chi connectivity index (χ0) is 18.9. The molecule has 1 fully saturated rings. The molecule has 5 rings (SSSR count). The van der Waals surface area contributed by atoms with E-state index in [0.717, 1.165) is 71.1 Å². The second kappa shape index (κ2) is 7.01. The third-order valence-corrected chi connectivity index (χ3v) is 5.12. The van der Waals surface area contributed by atoms with Gasteiger partial charge in [-0.25, -0.2) is 0 Å². The summed E-state index contributed by atoms with van der Waals surface area (Å²) in [5, 5.41) is 15.8. The van der Waals surface area contributed by atoms with Crippen molar-refractivity contribution in [2.24, 2.45) is 0 Å². The van der Waals surface area contributed by atoms with E-state index in [4.69, 9.17) is 0 Å². The number of rotatable bonds is 3. The molecule has 28 heavy (non-hydrogen) atoms. The number of aromatic nitrogens is 5. The van der Waals surface area contributed by atoms with Crippen molar-refractivity contribution in [1.29, 1.82) is 0 Å². The number of hydrogen-bond acceptors (Lipinski definition) is 6. The van der Waals surface area contributed by atoms with Gasteiger partial charge < -0.3 is 10.2 Å². The maximum Gasteiger partial charge on any atom is 0.122 e. The summed E-state index contributed by atoms with van der Waals surface area (Å²) in [6.45, 7) is 5.98. The summed E-state index contributed by atoms with van der Waals surface area (Å²) in [7, 11) is 0. The molecule has 0 atom stereocenters. The predicted molar refractivity (Wildman–Crippen MR) is 110 cm³/mol. The van der Waals surface area contributed by atoms with Crippen molar-refractivity contribution in [3.05, 3.63) is 54.4 Å². The lowest BCUT2D eigenvalue weighted by Gasteiger charge is -2.29. The highest BCUT2D eigenvalue weighted by Crippen LogP contribution is 2.30. The molecule has 7 nitrogen and oxygen atoms in total. The average Bonchev–Trinajstić information content (AvgIpc) is 3.23. The lowest BCUT2D eigenvalue weighted by Crippen LogP contribution is -2.43. The van der Waals surface area contributed by atoms with Gasteiger partial charge in [0, 0.05) is 42.8 Å². The van der Waals surface area contributed by atoms with Crippen molar-refractivity contribution in [3.8, 4) is 22.6 Å². The molecule has 3 aromatic heterocycles. The molecule has 1 aromatic carbocycles. The maximum atomic E-state index is 4.65. The lowest BCUT2D eigenvalue weighted by atomic mass is 10.0. The number of hydrogen-bond donors (Lipinski definition) is 2. The highest BCUT2D eigenvalue weighted by Gasteiger charge is 2.15. The van der Waals surface area contributed by atoms with E-state index in [9.17, 15) is 0 Å². The first-order valence-corrected chi connectivity index (χ1v) is 9.49. The summed E-state index contributed by atoms with van der Waals surface area (Å²) in [6.07, 6.45) is 1.96. The van der Waals surface area contributed by atoms with Crippen LogP contribution >= 0.6 is 0 Å². The fourth-order valence-corrected chi connectivity index (χ4v) is 3.65. The Morgan fingerprint density at radius 2 is 1.93 bits per heavy atom. The lowest BCUT2D eigenvalue weighted by molar-refractivity contribution is 0.589. The molecule has 0 bridgehead atoms. The fourth-order valence-electron chi connectivity index (χ4n) is 3.65. The van der Waals surface area contributed by atoms with Crippen LogP contribution in [0.1, 0.15) is 5.69 Å². The molecule has 1 aliphatic heterocycles. The number of nitrogens with zero attached hydrogens (tertiary/aromatic N) is 5. The molecular weight excluding hydrogens is 350 g/mol. The van der Waals surface area contributed by atoms with Gasteiger partial charge in [0.05, 0.1) is 23.1 Å². The van der Waals surface area contributed by atoms with E-state index in [1.165, 1.54) is 0 Å². The highest BCUT2D eigenvalue weighted by atomic mass is 15.3. The molecule has 0 radical (unpaired) electrons. The molecule has 140 valence electrons. The van der Waals surface area contributed by atoms with Crippen LogP contribution in [-0.2, 0) is 0 Å². The van der Waals surface area contributed by atoms with Gasteiger partial charge in [0.1, 0.15) is 11.4 Å². The van der Waals surface area contributed by atoms with Crippen LogP contribution in [0.15, 0.2) is 48.7 Å². The SMILES string of the molecule is Cc1cccc(-c2[nH]nnc2-c2ccc3ncc(N4CCNCC4)cc3c2)n1. The minimum atomic E-state index is 0.799. The zero-order valence-electron chi connectivity index (χ0n) is 15.7. The van der Waals surface area contributed by atoms with Crippen molar-refractivity contribution in [2.45, 2.75) is 6.92 Å². The van der Waals surface area contributed by atoms with Gasteiger partial charge in [0.25, 0.3) is 0 Å². The quantitative estimate of drug-likeness (QED) is 0.576. The number of aromatic amines is 1. The van der Waals surface area contributed by atoms with Gasteiger partial charge in [-0.1, -0.05) is 17.3 Å². The fraction of sp³-hybridized carbons (Fsp3) is 0.238. The summed E-state index contributed by atoms with van der Waals surface area (Å²) < 4.78 is 0. The molecule has 2 N–H and O–H groups in total. The minimum absolute atomic E-state index is 0.799. The molecule has 1 saturated heterocycles. The third-order valence-electron chi connectivity index (χ3n) is 5.12. The maximum absolute atomic E-state index is 4.65. The van der Waals surface area contributed by atoms with Crippen LogP contribution < -0.4 is 10.2 Å². The van der Waals surface area contributed by atoms with Gasteiger partial charge >= 0.3 is 0 Å². The molecule has 0 saturated carbocycles. The van der Waals surface area contributed by atoms with Crippen LogP contribution in [0.25, 0.3) is 33.5 Å². The first-order valence-electron chi connectivity index (χ1n) is 9.49. The van der Waals surface area contributed by atoms with Crippen LogP contribution in [0.3, 0.4) is 0 Å². The smallest absolute Gasteiger partial charge is 0.122 e. The Morgan fingerprint density at radius 3 is 2.79 bits per heavy atom. The number of nitrogens with one attached hydrogen (secondary N) is 2. The van der Waals surface area contributed by atoms with Crippen molar-refractivity contribution in [3.63, 3.8) is 0 Å². The van der Waals surface area contributed by atoms with Gasteiger partial charge in [0.2, 0.25) is 0 Å². The molecule has 0 aliphatic carbocycles. The van der Waals surface area contributed by atoms with Crippen molar-refractivity contribution >= 4 is 16.6 Å². The first-order chi connectivity index (χ1) is 13.8. The molecule has 7 heteroatoms. The number of fused-ring (bicyclic) bond motifs is 1. The van der Waals surface area contributed by atoms with Crippen molar-refractivity contribution in [1.82, 2.24) is 30.7 Å². The Balaban J connectivity index is 1.56. The van der Waals surface area contributed by atoms with Crippen LogP contribution in [0, 0.1) is 6.92 Å². The largest absolute Gasteiger partial charge is 0.368 e. The molecule has 0 unspecified atom stereocenters. The molecule has 0 amide bonds. The van der Waals surface area contributed by atoms with E-state index >= 15 is 0 Å². The average molecular weight is 371 g/mol. The van der Waals surface area contributed by atoms with Crippen molar-refractivity contribution in [2.75, 3.05) is 31.1 Å². The number of aryl methyl sites for hydroxylation is 1. The predicted octanol–water partition coefficient (Wildman–Crippen LogP) is 2.80. The van der Waals surface area contributed by atoms with E-state index in [0.29, 0.717) is 0 Å². The summed E-state index contributed by atoms with van der Waals surface area (Å²) >= 11 is 0. The summed E-state index contributed by atoms with van der Waals surface area (Å²) in [6, 6.07) is 14.4. The molecule has 4 aromatic rings. The normalized spacial score (nSPS) is 14.5. The van der Waals surface area contributed by atoms with Gasteiger partial charge in [-0.15, -0.1) is 5.10 Å². The number of benzene rings is 1. The minimum Gasteiger partial charge on any atom is -0.368 e. The number of piperazine rings is 1. The molecule has 0 spiro atoms. The summed E-state index contributed by atoms with van der Waals surface area (Å²) in [5.41, 5.74) is 6.56. The Kier molecular flexibility index (Phi) is 4.21. The summed E-state index contributed by atoms with van der Waals surface area (Å²) in [5.74, 6) is 0. The van der Waals surface area contributed by atoms with E-state index < -0.39 is 0 Å². The summed E-state index contributed by atoms with van der Waals surface area (Å²) in [4.78, 5) is 11.6. The molecule has 4 heterocycles. The van der Waals surface area contributed by atoms with Crippen molar-refractivity contribution < 1.29 is 0 Å². The number of anilines is 1. The number of H-pyrrole nitrogens is 1. The Bertz CT molecular complexity index is 1130.